The molecule has 0 bridgehead atoms. The number of nitrogens with zero attached hydrogens (tertiary/aromatic N) is 3. The summed E-state index contributed by atoms with van der Waals surface area (Å²) in [4.78, 5) is 26.7. The molecular weight excluding hydrogens is 392 g/mol. The van der Waals surface area contributed by atoms with Gasteiger partial charge in [-0.25, -0.2) is 0 Å². The third kappa shape index (κ3) is 5.93. The van der Waals surface area contributed by atoms with Gasteiger partial charge in [0.15, 0.2) is 0 Å². The zero-order valence-electron chi connectivity index (χ0n) is 17.6. The van der Waals surface area contributed by atoms with E-state index < -0.39 is 0 Å². The molecule has 0 aliphatic heterocycles. The Morgan fingerprint density at radius 2 is 1.94 bits per heavy atom. The molecule has 0 unspecified atom stereocenters. The van der Waals surface area contributed by atoms with Crippen molar-refractivity contribution in [3.63, 3.8) is 0 Å². The molecule has 1 N–H and O–H groups in total. The molecule has 7 heteroatoms. The van der Waals surface area contributed by atoms with E-state index in [9.17, 15) is 9.59 Å². The number of hydrogen-bond acceptors (Lipinski definition) is 4. The number of hydrogen-bond donors (Lipinski definition) is 1. The standard InChI is InChI=1S/C24H26N4O3/c1-31-17-16-27-15-12-19-18-20(8-9-22(19)27)26-23(29)10-11-24(30)28(14-5-13-25)21-6-3-2-4-7-21/h2-4,6-9,12,15,18H,5,10-11,14,16-17H2,1H3,(H,26,29). The molecule has 2 aromatic carbocycles. The van der Waals surface area contributed by atoms with Crippen molar-refractivity contribution >= 4 is 34.1 Å². The minimum atomic E-state index is -0.222. The first-order chi connectivity index (χ1) is 15.1. The number of rotatable bonds is 10. The normalized spacial score (nSPS) is 10.6. The first-order valence-electron chi connectivity index (χ1n) is 10.2. The molecule has 1 aromatic heterocycles. The van der Waals surface area contributed by atoms with E-state index in [2.05, 4.69) is 16.0 Å². The lowest BCUT2D eigenvalue weighted by Crippen LogP contribution is -2.32. The third-order valence-electron chi connectivity index (χ3n) is 4.97. The van der Waals surface area contributed by atoms with Crippen LogP contribution >= 0.6 is 0 Å². The Morgan fingerprint density at radius 1 is 1.13 bits per heavy atom. The van der Waals surface area contributed by atoms with Crippen molar-refractivity contribution in [2.75, 3.05) is 30.5 Å². The smallest absolute Gasteiger partial charge is 0.227 e. The molecule has 7 nitrogen and oxygen atoms in total. The van der Waals surface area contributed by atoms with Crippen LogP contribution in [0.4, 0.5) is 11.4 Å². The second kappa shape index (κ2) is 11.0. The summed E-state index contributed by atoms with van der Waals surface area (Å²) in [7, 11) is 1.67. The number of fused-ring (bicyclic) bond motifs is 1. The van der Waals surface area contributed by atoms with Gasteiger partial charge in [-0.05, 0) is 36.4 Å². The summed E-state index contributed by atoms with van der Waals surface area (Å²) in [5.41, 5.74) is 2.49. The van der Waals surface area contributed by atoms with Gasteiger partial charge in [0.2, 0.25) is 11.8 Å². The second-order valence-corrected chi connectivity index (χ2v) is 7.11. The Hall–Kier alpha value is -3.63. The molecule has 0 spiro atoms. The molecule has 0 radical (unpaired) electrons. The summed E-state index contributed by atoms with van der Waals surface area (Å²) in [5.74, 6) is -0.401. The fraction of sp³-hybridized carbons (Fsp3) is 0.292. The topological polar surface area (TPSA) is 87.4 Å². The van der Waals surface area contributed by atoms with Crippen LogP contribution in [-0.2, 0) is 20.9 Å². The molecule has 0 fully saturated rings. The van der Waals surface area contributed by atoms with Gasteiger partial charge in [-0.1, -0.05) is 18.2 Å². The van der Waals surface area contributed by atoms with Gasteiger partial charge < -0.3 is 19.5 Å². The summed E-state index contributed by atoms with van der Waals surface area (Å²) < 4.78 is 7.23. The highest BCUT2D eigenvalue weighted by atomic mass is 16.5. The predicted molar refractivity (Wildman–Crippen MR) is 121 cm³/mol. The molecule has 3 rings (SSSR count). The maximum Gasteiger partial charge on any atom is 0.227 e. The number of ether oxygens (including phenoxy) is 1. The molecule has 160 valence electrons. The van der Waals surface area contributed by atoms with Crippen LogP contribution in [-0.4, -0.2) is 36.6 Å². The number of methoxy groups -OCH3 is 1. The van der Waals surface area contributed by atoms with Crippen LogP contribution in [0.15, 0.2) is 60.8 Å². The number of carbonyl (C=O) groups excluding carboxylic acids is 2. The second-order valence-electron chi connectivity index (χ2n) is 7.11. The van der Waals surface area contributed by atoms with E-state index in [1.807, 2.05) is 60.8 Å². The van der Waals surface area contributed by atoms with Gasteiger partial charge in [0.05, 0.1) is 19.1 Å². The molecular formula is C24H26N4O3. The number of para-hydroxylation sites is 1. The van der Waals surface area contributed by atoms with Crippen molar-refractivity contribution in [3.05, 3.63) is 60.8 Å². The SMILES string of the molecule is COCCn1ccc2cc(NC(=O)CCC(=O)N(CCC#N)c3ccccc3)ccc21. The number of anilines is 2. The van der Waals surface area contributed by atoms with Gasteiger partial charge in [0, 0.05) is 61.5 Å². The van der Waals surface area contributed by atoms with E-state index >= 15 is 0 Å². The summed E-state index contributed by atoms with van der Waals surface area (Å²) in [6.07, 6.45) is 2.37. The molecule has 0 saturated carbocycles. The largest absolute Gasteiger partial charge is 0.383 e. The molecule has 3 aromatic rings. The fourth-order valence-corrected chi connectivity index (χ4v) is 3.41. The van der Waals surface area contributed by atoms with E-state index in [0.717, 1.165) is 23.1 Å². The van der Waals surface area contributed by atoms with Gasteiger partial charge in [-0.15, -0.1) is 0 Å². The van der Waals surface area contributed by atoms with Gasteiger partial charge in [0.1, 0.15) is 0 Å². The monoisotopic (exact) mass is 418 g/mol. The van der Waals surface area contributed by atoms with Gasteiger partial charge >= 0.3 is 0 Å². The van der Waals surface area contributed by atoms with Crippen molar-refractivity contribution in [1.29, 1.82) is 5.26 Å². The molecule has 2 amide bonds. The highest BCUT2D eigenvalue weighted by Gasteiger charge is 2.17. The van der Waals surface area contributed by atoms with Crippen LogP contribution in [0.1, 0.15) is 19.3 Å². The van der Waals surface area contributed by atoms with E-state index in [-0.39, 0.29) is 31.1 Å². The van der Waals surface area contributed by atoms with Crippen molar-refractivity contribution in [1.82, 2.24) is 4.57 Å². The van der Waals surface area contributed by atoms with E-state index in [0.29, 0.717) is 18.8 Å². The van der Waals surface area contributed by atoms with Crippen LogP contribution < -0.4 is 10.2 Å². The van der Waals surface area contributed by atoms with Crippen LogP contribution in [0.25, 0.3) is 10.9 Å². The Balaban J connectivity index is 1.58. The van der Waals surface area contributed by atoms with E-state index in [1.165, 1.54) is 0 Å². The Morgan fingerprint density at radius 3 is 2.68 bits per heavy atom. The minimum absolute atomic E-state index is 0.0710. The minimum Gasteiger partial charge on any atom is -0.383 e. The lowest BCUT2D eigenvalue weighted by atomic mass is 10.2. The van der Waals surface area contributed by atoms with Crippen LogP contribution in [0.2, 0.25) is 0 Å². The number of amides is 2. The van der Waals surface area contributed by atoms with Crippen LogP contribution in [0.5, 0.6) is 0 Å². The average Bonchev–Trinajstić information content (AvgIpc) is 3.19. The summed E-state index contributed by atoms with van der Waals surface area (Å²) >= 11 is 0. The maximum absolute atomic E-state index is 12.7. The maximum atomic E-state index is 12.7. The van der Waals surface area contributed by atoms with Crippen molar-refractivity contribution in [2.45, 2.75) is 25.8 Å². The van der Waals surface area contributed by atoms with Crippen molar-refractivity contribution < 1.29 is 14.3 Å². The number of nitrogens with one attached hydrogen (secondary N) is 1. The number of aromatic nitrogens is 1. The molecule has 0 saturated heterocycles. The Bertz CT molecular complexity index is 1070. The Kier molecular flexibility index (Phi) is 7.79. The molecule has 0 aliphatic carbocycles. The van der Waals surface area contributed by atoms with E-state index in [1.54, 1.807) is 12.0 Å². The highest BCUT2D eigenvalue weighted by Crippen LogP contribution is 2.21. The predicted octanol–water partition coefficient (Wildman–Crippen LogP) is 3.95. The highest BCUT2D eigenvalue weighted by molar-refractivity contribution is 5.99. The summed E-state index contributed by atoms with van der Waals surface area (Å²) in [6.45, 7) is 1.69. The molecule has 0 atom stereocenters. The van der Waals surface area contributed by atoms with Gasteiger partial charge in [0.25, 0.3) is 0 Å². The van der Waals surface area contributed by atoms with Gasteiger partial charge in [-0.2, -0.15) is 5.26 Å². The fourth-order valence-electron chi connectivity index (χ4n) is 3.41. The quantitative estimate of drug-likeness (QED) is 0.540. The van der Waals surface area contributed by atoms with Crippen LogP contribution in [0.3, 0.4) is 0 Å². The van der Waals surface area contributed by atoms with Gasteiger partial charge in [-0.3, -0.25) is 9.59 Å². The molecule has 1 heterocycles. The van der Waals surface area contributed by atoms with Crippen molar-refractivity contribution in [2.24, 2.45) is 0 Å². The Labute approximate surface area is 181 Å². The average molecular weight is 418 g/mol. The number of nitriles is 1. The first-order valence-corrected chi connectivity index (χ1v) is 10.2. The van der Waals surface area contributed by atoms with Crippen LogP contribution in [0, 0.1) is 11.3 Å². The van der Waals surface area contributed by atoms with E-state index in [4.69, 9.17) is 10.00 Å². The molecule has 31 heavy (non-hydrogen) atoms. The number of carbonyl (C=O) groups is 2. The zero-order valence-corrected chi connectivity index (χ0v) is 17.6. The van der Waals surface area contributed by atoms with Crippen molar-refractivity contribution in [3.8, 4) is 6.07 Å². The third-order valence-corrected chi connectivity index (χ3v) is 4.97. The summed E-state index contributed by atoms with van der Waals surface area (Å²) in [6, 6.07) is 19.0. The summed E-state index contributed by atoms with van der Waals surface area (Å²) in [5, 5.41) is 12.8. The number of benzene rings is 2. The lowest BCUT2D eigenvalue weighted by Gasteiger charge is -2.21. The lowest BCUT2D eigenvalue weighted by molar-refractivity contribution is -0.122. The first kappa shape index (κ1) is 22.1. The zero-order chi connectivity index (χ0) is 22.1. The molecule has 0 aliphatic rings.